The average molecular weight is 364 g/mol. The molecule has 0 bridgehead atoms. The number of hydrogen-bond donors (Lipinski definition) is 1. The number of hydrogen-bond acceptors (Lipinski definition) is 4. The van der Waals surface area contributed by atoms with Gasteiger partial charge in [-0.1, -0.05) is 24.3 Å². The fraction of sp³-hybridized carbons (Fsp3) is 0.389. The van der Waals surface area contributed by atoms with Gasteiger partial charge in [-0.15, -0.1) is 0 Å². The molecule has 6 heteroatoms. The molecule has 24 heavy (non-hydrogen) atoms. The molecule has 1 amide bonds. The van der Waals surface area contributed by atoms with Crippen molar-refractivity contribution in [3.8, 4) is 11.1 Å². The Morgan fingerprint density at radius 2 is 1.88 bits per heavy atom. The number of aliphatic hydroxyl groups is 1. The van der Waals surface area contributed by atoms with Crippen molar-refractivity contribution in [3.63, 3.8) is 0 Å². The molecule has 1 atom stereocenters. The van der Waals surface area contributed by atoms with E-state index in [0.717, 1.165) is 11.1 Å². The van der Waals surface area contributed by atoms with E-state index in [4.69, 9.17) is 0 Å². The number of carbonyl (C=O) groups is 1. The van der Waals surface area contributed by atoms with Crippen LogP contribution < -0.4 is 0 Å². The van der Waals surface area contributed by atoms with Gasteiger partial charge in [-0.25, -0.2) is 0 Å². The van der Waals surface area contributed by atoms with Gasteiger partial charge in [0.15, 0.2) is 0 Å². The van der Waals surface area contributed by atoms with E-state index in [9.17, 15) is 14.1 Å². The third kappa shape index (κ3) is 4.53. The number of amides is 1. The van der Waals surface area contributed by atoms with Gasteiger partial charge in [-0.05, 0) is 46.4 Å². The molecule has 2 aromatic rings. The van der Waals surface area contributed by atoms with Crippen molar-refractivity contribution in [1.29, 1.82) is 0 Å². The first kappa shape index (κ1) is 17.3. The van der Waals surface area contributed by atoms with E-state index in [1.807, 2.05) is 29.6 Å². The van der Waals surface area contributed by atoms with Gasteiger partial charge in [0.1, 0.15) is 5.75 Å². The number of aliphatic hydroxyl groups excluding tert-OH is 1. The maximum Gasteiger partial charge on any atom is 0.235 e. The highest BCUT2D eigenvalue weighted by atomic mass is 32.2. The molecule has 3 rings (SSSR count). The van der Waals surface area contributed by atoms with E-state index in [2.05, 4.69) is 11.4 Å². The van der Waals surface area contributed by atoms with Crippen LogP contribution in [0.5, 0.6) is 0 Å². The molecular formula is C18H21NO3S2. The minimum atomic E-state index is -1.21. The Bertz CT molecular complexity index is 690. The van der Waals surface area contributed by atoms with Crippen LogP contribution in [0.15, 0.2) is 41.1 Å². The number of rotatable bonds is 5. The second-order valence-corrected chi connectivity index (χ2v) is 8.29. The first-order valence-electron chi connectivity index (χ1n) is 8.04. The van der Waals surface area contributed by atoms with Gasteiger partial charge in [-0.3, -0.25) is 9.00 Å². The lowest BCUT2D eigenvalue weighted by molar-refractivity contribution is -0.130. The van der Waals surface area contributed by atoms with E-state index in [0.29, 0.717) is 31.7 Å². The molecule has 0 aliphatic carbocycles. The van der Waals surface area contributed by atoms with Gasteiger partial charge < -0.3 is 10.0 Å². The highest BCUT2D eigenvalue weighted by molar-refractivity contribution is 7.84. The van der Waals surface area contributed by atoms with Crippen LogP contribution in [-0.4, -0.2) is 45.1 Å². The molecule has 128 valence electrons. The zero-order valence-corrected chi connectivity index (χ0v) is 15.0. The summed E-state index contributed by atoms with van der Waals surface area (Å²) in [5.41, 5.74) is 3.32. The summed E-state index contributed by atoms with van der Waals surface area (Å²) in [5.74, 6) is 0.379. The molecule has 1 aliphatic heterocycles. The topological polar surface area (TPSA) is 57.6 Å². The second kappa shape index (κ2) is 8.05. The molecule has 1 aromatic heterocycles. The fourth-order valence-corrected chi connectivity index (χ4v) is 4.59. The van der Waals surface area contributed by atoms with Crippen molar-refractivity contribution in [2.24, 2.45) is 0 Å². The largest absolute Gasteiger partial charge is 0.393 e. The molecule has 1 aromatic carbocycles. The summed E-state index contributed by atoms with van der Waals surface area (Å²) in [6, 6.07) is 10.1. The van der Waals surface area contributed by atoms with Crippen LogP contribution in [0.4, 0.5) is 0 Å². The fourth-order valence-electron chi connectivity index (χ4n) is 2.80. The summed E-state index contributed by atoms with van der Waals surface area (Å²) in [7, 11) is -1.21. The van der Waals surface area contributed by atoms with E-state index in [1.165, 1.54) is 5.56 Å². The predicted octanol–water partition coefficient (Wildman–Crippen LogP) is 2.65. The lowest BCUT2D eigenvalue weighted by Gasteiger charge is -2.29. The number of benzene rings is 1. The zero-order chi connectivity index (χ0) is 16.9. The van der Waals surface area contributed by atoms with E-state index in [1.54, 1.807) is 16.2 Å². The zero-order valence-electron chi connectivity index (χ0n) is 13.4. The number of thiophene rings is 1. The van der Waals surface area contributed by atoms with Crippen LogP contribution in [0, 0.1) is 0 Å². The van der Waals surface area contributed by atoms with Crippen LogP contribution in [-0.2, 0) is 21.3 Å². The van der Waals surface area contributed by atoms with E-state index in [-0.39, 0.29) is 17.8 Å². The van der Waals surface area contributed by atoms with Gasteiger partial charge in [0.05, 0.1) is 6.10 Å². The van der Waals surface area contributed by atoms with Crippen molar-refractivity contribution in [2.45, 2.75) is 24.7 Å². The van der Waals surface area contributed by atoms with Crippen LogP contribution in [0.3, 0.4) is 0 Å². The van der Waals surface area contributed by atoms with Gasteiger partial charge >= 0.3 is 0 Å². The number of carbonyl (C=O) groups excluding carboxylic acids is 1. The third-order valence-electron chi connectivity index (χ3n) is 4.24. The molecule has 1 fully saturated rings. The third-order valence-corrected chi connectivity index (χ3v) is 6.15. The summed E-state index contributed by atoms with van der Waals surface area (Å²) in [6.45, 7) is 1.12. The van der Waals surface area contributed by atoms with E-state index < -0.39 is 10.8 Å². The van der Waals surface area contributed by atoms with Crippen molar-refractivity contribution in [3.05, 3.63) is 46.7 Å². The summed E-state index contributed by atoms with van der Waals surface area (Å²) in [6.07, 6.45) is 0.923. The van der Waals surface area contributed by atoms with Crippen LogP contribution in [0.1, 0.15) is 18.4 Å². The number of nitrogens with zero attached hydrogens (tertiary/aromatic N) is 1. The average Bonchev–Trinajstić information content (AvgIpc) is 3.10. The van der Waals surface area contributed by atoms with Crippen LogP contribution >= 0.6 is 11.3 Å². The molecule has 1 saturated heterocycles. The SMILES string of the molecule is O=C(CS(=O)Cc1ccc(-c2ccsc2)cc1)N1CCC(O)CC1. The minimum Gasteiger partial charge on any atom is -0.393 e. The van der Waals surface area contributed by atoms with Gasteiger partial charge in [0.25, 0.3) is 0 Å². The number of likely N-dealkylation sites (tertiary alicyclic amines) is 1. The Morgan fingerprint density at radius 3 is 2.50 bits per heavy atom. The van der Waals surface area contributed by atoms with Crippen LogP contribution in [0.25, 0.3) is 11.1 Å². The quantitative estimate of drug-likeness (QED) is 0.888. The minimum absolute atomic E-state index is 0.0579. The summed E-state index contributed by atoms with van der Waals surface area (Å²) in [4.78, 5) is 13.9. The summed E-state index contributed by atoms with van der Waals surface area (Å²) >= 11 is 1.66. The Morgan fingerprint density at radius 1 is 1.17 bits per heavy atom. The van der Waals surface area contributed by atoms with Gasteiger partial charge in [0.2, 0.25) is 5.91 Å². The highest BCUT2D eigenvalue weighted by Gasteiger charge is 2.22. The van der Waals surface area contributed by atoms with Crippen molar-refractivity contribution >= 4 is 28.0 Å². The van der Waals surface area contributed by atoms with Gasteiger partial charge in [0, 0.05) is 29.6 Å². The van der Waals surface area contributed by atoms with Crippen molar-refractivity contribution < 1.29 is 14.1 Å². The molecule has 1 aliphatic rings. The predicted molar refractivity (Wildman–Crippen MR) is 98.3 cm³/mol. The van der Waals surface area contributed by atoms with Gasteiger partial charge in [-0.2, -0.15) is 11.3 Å². The van der Waals surface area contributed by atoms with E-state index >= 15 is 0 Å². The van der Waals surface area contributed by atoms with Crippen molar-refractivity contribution in [1.82, 2.24) is 4.90 Å². The highest BCUT2D eigenvalue weighted by Crippen LogP contribution is 2.22. The molecule has 1 N–H and O–H groups in total. The Kier molecular flexibility index (Phi) is 5.81. The second-order valence-electron chi connectivity index (χ2n) is 6.05. The van der Waals surface area contributed by atoms with Crippen molar-refractivity contribution in [2.75, 3.05) is 18.8 Å². The first-order valence-corrected chi connectivity index (χ1v) is 10.5. The molecule has 1 unspecified atom stereocenters. The molecular weight excluding hydrogens is 342 g/mol. The Labute approximate surface area is 148 Å². The molecule has 2 heterocycles. The standard InChI is InChI=1S/C18H21NO3S2/c20-17-5-8-19(9-6-17)18(21)13-24(22)12-14-1-3-15(4-2-14)16-7-10-23-11-16/h1-4,7,10-11,17,20H,5-6,8-9,12-13H2. The monoisotopic (exact) mass is 363 g/mol. The maximum atomic E-state index is 12.3. The summed E-state index contributed by atoms with van der Waals surface area (Å²) < 4.78 is 12.3. The maximum absolute atomic E-state index is 12.3. The molecule has 0 saturated carbocycles. The molecule has 4 nitrogen and oxygen atoms in total. The lowest BCUT2D eigenvalue weighted by atomic mass is 10.1. The summed E-state index contributed by atoms with van der Waals surface area (Å²) in [5, 5.41) is 13.6. The number of piperidine rings is 1. The molecule has 0 radical (unpaired) electrons. The normalized spacial score (nSPS) is 17.0. The Hall–Kier alpha value is -1.50. The lowest BCUT2D eigenvalue weighted by Crippen LogP contribution is -2.42. The van der Waals surface area contributed by atoms with Crippen LogP contribution in [0.2, 0.25) is 0 Å². The Balaban J connectivity index is 1.52. The smallest absolute Gasteiger partial charge is 0.235 e. The first-order chi connectivity index (χ1) is 11.6. The molecule has 0 spiro atoms.